The number of halogens is 2. The molecular formula is C15H24Cl2N4OS2. The molecule has 1 aliphatic heterocycles. The molecule has 1 amide bonds. The Morgan fingerprint density at radius 1 is 1.33 bits per heavy atom. The fourth-order valence-electron chi connectivity index (χ4n) is 2.81. The fourth-order valence-corrected chi connectivity index (χ4v) is 4.91. The van der Waals surface area contributed by atoms with Crippen molar-refractivity contribution in [1.82, 2.24) is 15.2 Å². The van der Waals surface area contributed by atoms with Crippen molar-refractivity contribution < 1.29 is 4.79 Å². The Bertz CT molecular complexity index is 634. The molecule has 3 heterocycles. The number of aromatic nitrogens is 1. The van der Waals surface area contributed by atoms with Crippen LogP contribution in [0.5, 0.6) is 0 Å². The van der Waals surface area contributed by atoms with Crippen LogP contribution in [0.1, 0.15) is 22.5 Å². The Balaban J connectivity index is 0.00000144. The summed E-state index contributed by atoms with van der Waals surface area (Å²) >= 11 is 3.16. The van der Waals surface area contributed by atoms with Crippen molar-refractivity contribution in [2.75, 3.05) is 45.7 Å². The van der Waals surface area contributed by atoms with Gasteiger partial charge in [-0.05, 0) is 38.4 Å². The lowest BCUT2D eigenvalue weighted by Gasteiger charge is -2.31. The number of hydrogen-bond donors (Lipinski definition) is 1. The summed E-state index contributed by atoms with van der Waals surface area (Å²) in [6, 6.07) is 2.01. The highest BCUT2D eigenvalue weighted by Gasteiger charge is 2.25. The minimum atomic E-state index is 0. The maximum Gasteiger partial charge on any atom is 0.264 e. The van der Waals surface area contributed by atoms with Gasteiger partial charge in [0.15, 0.2) is 5.13 Å². The smallest absolute Gasteiger partial charge is 0.264 e. The summed E-state index contributed by atoms with van der Waals surface area (Å²) in [6.45, 7) is 2.79. The number of piperidine rings is 1. The van der Waals surface area contributed by atoms with Gasteiger partial charge < -0.3 is 15.1 Å². The minimum absolute atomic E-state index is 0. The summed E-state index contributed by atoms with van der Waals surface area (Å²) in [5.74, 6) is 0.870. The molecule has 0 unspecified atom stereocenters. The summed E-state index contributed by atoms with van der Waals surface area (Å²) in [6.07, 6.45) is 2.19. The van der Waals surface area contributed by atoms with Gasteiger partial charge in [-0.25, -0.2) is 4.98 Å². The summed E-state index contributed by atoms with van der Waals surface area (Å²) in [5, 5.41) is 4.22. The van der Waals surface area contributed by atoms with Crippen molar-refractivity contribution in [3.8, 4) is 0 Å². The molecule has 1 aliphatic rings. The number of thiazole rings is 1. The van der Waals surface area contributed by atoms with Crippen LogP contribution in [0.15, 0.2) is 6.07 Å². The standard InChI is InChI=1S/C15H22N4OS2.2ClH/c1-16-9-10-4-6-19(7-5-10)14(20)12-8-11-13(21-12)17-15(22-11)18(2)3;;/h8,10,16H,4-7,9H2,1-3H3;2*1H. The van der Waals surface area contributed by atoms with E-state index < -0.39 is 0 Å². The van der Waals surface area contributed by atoms with Crippen LogP contribution in [0.3, 0.4) is 0 Å². The van der Waals surface area contributed by atoms with Crippen molar-refractivity contribution in [3.63, 3.8) is 0 Å². The average molecular weight is 411 g/mol. The Kier molecular flexibility index (Phi) is 8.22. The summed E-state index contributed by atoms with van der Waals surface area (Å²) in [4.78, 5) is 23.0. The molecule has 0 radical (unpaired) electrons. The predicted molar refractivity (Wildman–Crippen MR) is 109 cm³/mol. The molecule has 0 atom stereocenters. The van der Waals surface area contributed by atoms with Crippen molar-refractivity contribution in [2.24, 2.45) is 5.92 Å². The second-order valence-corrected chi connectivity index (χ2v) is 8.00. The summed E-state index contributed by atoms with van der Waals surface area (Å²) in [7, 11) is 5.97. The number of likely N-dealkylation sites (tertiary alicyclic amines) is 1. The van der Waals surface area contributed by atoms with E-state index in [1.54, 1.807) is 11.3 Å². The lowest BCUT2D eigenvalue weighted by atomic mass is 9.97. The number of thiophene rings is 1. The molecular weight excluding hydrogens is 387 g/mol. The van der Waals surface area contributed by atoms with Gasteiger partial charge in [0.05, 0.1) is 9.58 Å². The van der Waals surface area contributed by atoms with E-state index in [0.717, 1.165) is 52.0 Å². The largest absolute Gasteiger partial charge is 0.354 e. The lowest BCUT2D eigenvalue weighted by molar-refractivity contribution is 0.0696. The number of nitrogens with one attached hydrogen (secondary N) is 1. The van der Waals surface area contributed by atoms with Crippen LogP contribution in [-0.2, 0) is 0 Å². The highest BCUT2D eigenvalue weighted by atomic mass is 35.5. The van der Waals surface area contributed by atoms with E-state index in [1.165, 1.54) is 11.3 Å². The first-order valence-electron chi connectivity index (χ1n) is 7.60. The van der Waals surface area contributed by atoms with Crippen molar-refractivity contribution in [2.45, 2.75) is 12.8 Å². The molecule has 0 saturated carbocycles. The van der Waals surface area contributed by atoms with Gasteiger partial charge in [0, 0.05) is 27.2 Å². The zero-order valence-corrected chi connectivity index (χ0v) is 17.3. The maximum atomic E-state index is 12.6. The van der Waals surface area contributed by atoms with Crippen LogP contribution in [0, 0.1) is 5.92 Å². The van der Waals surface area contributed by atoms with Crippen LogP contribution in [0.2, 0.25) is 0 Å². The molecule has 0 spiro atoms. The Morgan fingerprint density at radius 2 is 2.00 bits per heavy atom. The third-order valence-electron chi connectivity index (χ3n) is 4.07. The fraction of sp³-hybridized carbons (Fsp3) is 0.600. The maximum absolute atomic E-state index is 12.6. The van der Waals surface area contributed by atoms with Crippen LogP contribution in [0.25, 0.3) is 9.53 Å². The average Bonchev–Trinajstić information content (AvgIpc) is 3.06. The Hall–Kier alpha value is -0.600. The molecule has 136 valence electrons. The first-order valence-corrected chi connectivity index (χ1v) is 9.23. The zero-order valence-electron chi connectivity index (χ0n) is 14.1. The number of hydrogen-bond acceptors (Lipinski definition) is 6. The third kappa shape index (κ3) is 4.52. The van der Waals surface area contributed by atoms with Crippen molar-refractivity contribution in [1.29, 1.82) is 0 Å². The molecule has 0 bridgehead atoms. The van der Waals surface area contributed by atoms with Crippen molar-refractivity contribution >= 4 is 68.1 Å². The first-order chi connectivity index (χ1) is 10.6. The van der Waals surface area contributed by atoms with E-state index in [2.05, 4.69) is 10.3 Å². The highest BCUT2D eigenvalue weighted by molar-refractivity contribution is 7.29. The van der Waals surface area contributed by atoms with E-state index >= 15 is 0 Å². The number of amides is 1. The van der Waals surface area contributed by atoms with E-state index in [4.69, 9.17) is 0 Å². The van der Waals surface area contributed by atoms with Gasteiger partial charge in [0.2, 0.25) is 0 Å². The molecule has 1 fully saturated rings. The molecule has 24 heavy (non-hydrogen) atoms. The highest BCUT2D eigenvalue weighted by Crippen LogP contribution is 2.34. The van der Waals surface area contributed by atoms with Crippen LogP contribution < -0.4 is 10.2 Å². The van der Waals surface area contributed by atoms with E-state index in [0.29, 0.717) is 5.92 Å². The number of fused-ring (bicyclic) bond motifs is 1. The Morgan fingerprint density at radius 3 is 2.54 bits per heavy atom. The van der Waals surface area contributed by atoms with Gasteiger partial charge in [-0.15, -0.1) is 36.2 Å². The molecule has 2 aromatic rings. The van der Waals surface area contributed by atoms with Crippen LogP contribution in [-0.4, -0.2) is 56.6 Å². The molecule has 0 aromatic carbocycles. The van der Waals surface area contributed by atoms with Gasteiger partial charge in [0.25, 0.3) is 5.91 Å². The first kappa shape index (κ1) is 21.4. The quantitative estimate of drug-likeness (QED) is 0.839. The topological polar surface area (TPSA) is 48.5 Å². The Labute approximate surface area is 163 Å². The van der Waals surface area contributed by atoms with Gasteiger partial charge >= 0.3 is 0 Å². The van der Waals surface area contributed by atoms with Gasteiger partial charge in [0.1, 0.15) is 4.83 Å². The number of carbonyl (C=O) groups is 1. The molecule has 0 aliphatic carbocycles. The molecule has 9 heteroatoms. The monoisotopic (exact) mass is 410 g/mol. The number of rotatable bonds is 4. The molecule has 1 N–H and O–H groups in total. The van der Waals surface area contributed by atoms with Gasteiger partial charge in [-0.2, -0.15) is 0 Å². The second-order valence-electron chi connectivity index (χ2n) is 5.96. The summed E-state index contributed by atoms with van der Waals surface area (Å²) < 4.78 is 1.11. The predicted octanol–water partition coefficient (Wildman–Crippen LogP) is 3.34. The number of carbonyl (C=O) groups excluding carboxylic acids is 1. The normalized spacial score (nSPS) is 15.0. The van der Waals surface area contributed by atoms with Crippen LogP contribution in [0.4, 0.5) is 5.13 Å². The van der Waals surface area contributed by atoms with E-state index in [1.807, 2.05) is 37.0 Å². The zero-order chi connectivity index (χ0) is 15.7. The third-order valence-corrected chi connectivity index (χ3v) is 6.38. The van der Waals surface area contributed by atoms with E-state index in [9.17, 15) is 4.79 Å². The van der Waals surface area contributed by atoms with E-state index in [-0.39, 0.29) is 30.7 Å². The molecule has 2 aromatic heterocycles. The summed E-state index contributed by atoms with van der Waals surface area (Å²) in [5.41, 5.74) is 0. The van der Waals surface area contributed by atoms with Gasteiger partial charge in [-0.1, -0.05) is 11.3 Å². The van der Waals surface area contributed by atoms with Crippen molar-refractivity contribution in [3.05, 3.63) is 10.9 Å². The lowest BCUT2D eigenvalue weighted by Crippen LogP contribution is -2.40. The molecule has 3 rings (SSSR count). The van der Waals surface area contributed by atoms with Gasteiger partial charge in [-0.3, -0.25) is 4.79 Å². The number of nitrogens with zero attached hydrogens (tertiary/aromatic N) is 3. The van der Waals surface area contributed by atoms with Crippen LogP contribution >= 0.6 is 47.5 Å². The minimum Gasteiger partial charge on any atom is -0.354 e. The molecule has 5 nitrogen and oxygen atoms in total. The molecule has 1 saturated heterocycles. The second kappa shape index (κ2) is 9.20. The number of anilines is 1. The SMILES string of the molecule is CNCC1CCN(C(=O)c2cc3sc(N(C)C)nc3s2)CC1.Cl.Cl.